The Labute approximate surface area is 206 Å². The van der Waals surface area contributed by atoms with Gasteiger partial charge in [0.15, 0.2) is 0 Å². The van der Waals surface area contributed by atoms with Gasteiger partial charge in [0.1, 0.15) is 0 Å². The maximum absolute atomic E-state index is 2.54. The third kappa shape index (κ3) is 4.28. The molecule has 0 saturated carbocycles. The van der Waals surface area contributed by atoms with Gasteiger partial charge in [-0.3, -0.25) is 0 Å². The molecule has 1 heteroatoms. The average molecular weight is 448 g/mol. The van der Waals surface area contributed by atoms with Crippen molar-refractivity contribution in [3.05, 3.63) is 132 Å². The molecule has 1 unspecified atom stereocenters. The van der Waals surface area contributed by atoms with Crippen LogP contribution in [-0.4, -0.2) is 0 Å². The lowest BCUT2D eigenvalue weighted by atomic mass is 9.73. The second-order valence-electron chi connectivity index (χ2n) is 9.37. The Bertz CT molecular complexity index is 1110. The topological polar surface area (TPSA) is 3.24 Å². The molecule has 0 aromatic heterocycles. The van der Waals surface area contributed by atoms with Crippen molar-refractivity contribution < 1.29 is 0 Å². The predicted octanol–water partition coefficient (Wildman–Crippen LogP) is 9.26. The van der Waals surface area contributed by atoms with Gasteiger partial charge in [-0.1, -0.05) is 119 Å². The highest BCUT2D eigenvalue weighted by Gasteiger charge is 2.37. The summed E-state index contributed by atoms with van der Waals surface area (Å²) >= 11 is 0. The first kappa shape index (κ1) is 23.8. The fraction of sp³-hybridized carbons (Fsp3) is 0.273. The van der Waals surface area contributed by atoms with Crippen molar-refractivity contribution in [2.75, 3.05) is 4.90 Å². The lowest BCUT2D eigenvalue weighted by molar-refractivity contribution is 0.403. The van der Waals surface area contributed by atoms with E-state index in [1.165, 1.54) is 28.1 Å². The van der Waals surface area contributed by atoms with Gasteiger partial charge >= 0.3 is 0 Å². The molecule has 0 radical (unpaired) electrons. The van der Waals surface area contributed by atoms with E-state index in [0.717, 1.165) is 19.3 Å². The minimum atomic E-state index is -0.142. The summed E-state index contributed by atoms with van der Waals surface area (Å²) in [6.45, 7) is 9.28. The third-order valence-electron chi connectivity index (χ3n) is 7.80. The first-order chi connectivity index (χ1) is 16.6. The second-order valence-corrected chi connectivity index (χ2v) is 9.37. The number of hydrogen-bond donors (Lipinski definition) is 0. The van der Waals surface area contributed by atoms with Crippen LogP contribution < -0.4 is 4.90 Å². The van der Waals surface area contributed by atoms with E-state index in [1.807, 2.05) is 0 Å². The molecule has 0 saturated heterocycles. The molecule has 4 rings (SSSR count). The molecule has 0 spiro atoms. The Morgan fingerprint density at radius 3 is 1.26 bits per heavy atom. The number of rotatable bonds is 9. The third-order valence-corrected chi connectivity index (χ3v) is 7.80. The SMILES string of the molecule is CCC(C)(c1ccccc1)c1ccc(C(CC)(CC)N(c2ccccc2)c2ccccc2)cc1. The molecule has 1 nitrogen and oxygen atoms in total. The smallest absolute Gasteiger partial charge is 0.0697 e. The van der Waals surface area contributed by atoms with Gasteiger partial charge in [-0.05, 0) is 60.2 Å². The van der Waals surface area contributed by atoms with Crippen LogP contribution in [0.15, 0.2) is 115 Å². The van der Waals surface area contributed by atoms with Crippen LogP contribution in [0.4, 0.5) is 11.4 Å². The van der Waals surface area contributed by atoms with E-state index in [0.29, 0.717) is 0 Å². The summed E-state index contributed by atoms with van der Waals surface area (Å²) in [6.07, 6.45) is 3.08. The number of nitrogens with zero attached hydrogens (tertiary/aromatic N) is 1. The van der Waals surface area contributed by atoms with Crippen molar-refractivity contribution in [3.8, 4) is 0 Å². The van der Waals surface area contributed by atoms with E-state index in [4.69, 9.17) is 0 Å². The summed E-state index contributed by atoms with van der Waals surface area (Å²) in [6, 6.07) is 42.0. The van der Waals surface area contributed by atoms with E-state index in [-0.39, 0.29) is 11.0 Å². The summed E-state index contributed by atoms with van der Waals surface area (Å²) in [5, 5.41) is 0. The van der Waals surface area contributed by atoms with Crippen LogP contribution in [0.2, 0.25) is 0 Å². The Kier molecular flexibility index (Phi) is 7.22. The van der Waals surface area contributed by atoms with Crippen LogP contribution in [0.3, 0.4) is 0 Å². The van der Waals surface area contributed by atoms with Crippen molar-refractivity contribution in [3.63, 3.8) is 0 Å². The first-order valence-corrected chi connectivity index (χ1v) is 12.7. The van der Waals surface area contributed by atoms with E-state index < -0.39 is 0 Å². The summed E-state index contributed by atoms with van der Waals surface area (Å²) in [5.41, 5.74) is 6.42. The number of benzene rings is 4. The second kappa shape index (κ2) is 10.3. The van der Waals surface area contributed by atoms with E-state index in [1.54, 1.807) is 0 Å². The fourth-order valence-electron chi connectivity index (χ4n) is 5.43. The Balaban J connectivity index is 1.82. The van der Waals surface area contributed by atoms with Crippen molar-refractivity contribution in [1.29, 1.82) is 0 Å². The lowest BCUT2D eigenvalue weighted by Gasteiger charge is -2.45. The monoisotopic (exact) mass is 447 g/mol. The summed E-state index contributed by atoms with van der Waals surface area (Å²) < 4.78 is 0. The van der Waals surface area contributed by atoms with Gasteiger partial charge in [0.25, 0.3) is 0 Å². The van der Waals surface area contributed by atoms with Crippen LogP contribution in [-0.2, 0) is 11.0 Å². The van der Waals surface area contributed by atoms with Gasteiger partial charge in [-0.15, -0.1) is 0 Å². The van der Waals surface area contributed by atoms with Crippen molar-refractivity contribution >= 4 is 11.4 Å². The minimum Gasteiger partial charge on any atom is -0.331 e. The fourth-order valence-corrected chi connectivity index (χ4v) is 5.43. The maximum atomic E-state index is 2.54. The van der Waals surface area contributed by atoms with Gasteiger partial charge in [-0.25, -0.2) is 0 Å². The highest BCUT2D eigenvalue weighted by atomic mass is 15.2. The standard InChI is InChI=1S/C33H37N/c1-5-32(4,27-17-11-8-12-18-27)28-23-25-29(26-24-28)33(6-2,7-3)34(30-19-13-9-14-20-30)31-21-15-10-16-22-31/h8-26H,5-7H2,1-4H3. The zero-order valence-electron chi connectivity index (χ0n) is 21.0. The highest BCUT2D eigenvalue weighted by molar-refractivity contribution is 5.67. The zero-order valence-corrected chi connectivity index (χ0v) is 21.0. The van der Waals surface area contributed by atoms with Crippen LogP contribution in [0, 0.1) is 0 Å². The molecule has 0 heterocycles. The molecule has 0 amide bonds. The highest BCUT2D eigenvalue weighted by Crippen LogP contribution is 2.45. The molecule has 4 aromatic rings. The average Bonchev–Trinajstić information content (AvgIpc) is 2.93. The van der Waals surface area contributed by atoms with Crippen molar-refractivity contribution in [2.45, 2.75) is 57.9 Å². The maximum Gasteiger partial charge on any atom is 0.0697 e. The Morgan fingerprint density at radius 1 is 0.471 bits per heavy atom. The molecule has 0 aliphatic carbocycles. The summed E-state index contributed by atoms with van der Waals surface area (Å²) in [5.74, 6) is 0. The largest absolute Gasteiger partial charge is 0.331 e. The van der Waals surface area contributed by atoms with E-state index >= 15 is 0 Å². The molecule has 1 atom stereocenters. The summed E-state index contributed by atoms with van der Waals surface area (Å²) in [7, 11) is 0. The van der Waals surface area contributed by atoms with Crippen molar-refractivity contribution in [2.24, 2.45) is 0 Å². The molecule has 0 fully saturated rings. The Morgan fingerprint density at radius 2 is 0.853 bits per heavy atom. The summed E-state index contributed by atoms with van der Waals surface area (Å²) in [4.78, 5) is 2.54. The van der Waals surface area contributed by atoms with E-state index in [9.17, 15) is 0 Å². The molecular formula is C33H37N. The quantitative estimate of drug-likeness (QED) is 0.247. The molecule has 0 aliphatic heterocycles. The first-order valence-electron chi connectivity index (χ1n) is 12.7. The van der Waals surface area contributed by atoms with Gasteiger partial charge < -0.3 is 4.90 Å². The van der Waals surface area contributed by atoms with Gasteiger partial charge in [0.05, 0.1) is 5.54 Å². The van der Waals surface area contributed by atoms with Gasteiger partial charge in [-0.2, -0.15) is 0 Å². The molecule has 0 N–H and O–H groups in total. The van der Waals surface area contributed by atoms with Crippen LogP contribution in [0.1, 0.15) is 63.6 Å². The van der Waals surface area contributed by atoms with Gasteiger partial charge in [0, 0.05) is 16.8 Å². The predicted molar refractivity (Wildman–Crippen MR) is 147 cm³/mol. The number of hydrogen-bond acceptors (Lipinski definition) is 1. The molecule has 0 aliphatic rings. The van der Waals surface area contributed by atoms with Gasteiger partial charge in [0.2, 0.25) is 0 Å². The minimum absolute atomic E-state index is 0.000569. The van der Waals surface area contributed by atoms with Crippen LogP contribution >= 0.6 is 0 Å². The number of para-hydroxylation sites is 2. The Hall–Kier alpha value is -3.32. The van der Waals surface area contributed by atoms with Crippen molar-refractivity contribution in [1.82, 2.24) is 0 Å². The lowest BCUT2D eigenvalue weighted by Crippen LogP contribution is -2.42. The van der Waals surface area contributed by atoms with E-state index in [2.05, 4.69) is 148 Å². The van der Waals surface area contributed by atoms with Crippen LogP contribution in [0.25, 0.3) is 0 Å². The zero-order chi connectivity index (χ0) is 24.0. The van der Waals surface area contributed by atoms with Crippen LogP contribution in [0.5, 0.6) is 0 Å². The molecule has 4 aromatic carbocycles. The normalized spacial score (nSPS) is 13.3. The molecular weight excluding hydrogens is 410 g/mol. The molecule has 34 heavy (non-hydrogen) atoms. The molecule has 0 bridgehead atoms. The molecule has 174 valence electrons. The number of anilines is 2.